The molecule has 0 unspecified atom stereocenters. The first-order chi connectivity index (χ1) is 7.08. The Labute approximate surface area is 102 Å². The van der Waals surface area contributed by atoms with Gasteiger partial charge in [0.15, 0.2) is 0 Å². The van der Waals surface area contributed by atoms with Crippen LogP contribution in [0.5, 0.6) is 0 Å². The number of rotatable bonds is 1. The van der Waals surface area contributed by atoms with Gasteiger partial charge >= 0.3 is 0 Å². The van der Waals surface area contributed by atoms with Gasteiger partial charge in [-0.3, -0.25) is 10.4 Å². The molecular formula is C8H9Cl3N4. The maximum atomic E-state index is 5.93. The van der Waals surface area contributed by atoms with E-state index in [0.717, 1.165) is 0 Å². The molecule has 0 atom stereocenters. The molecule has 4 N–H and O–H groups in total. The van der Waals surface area contributed by atoms with Gasteiger partial charge in [0.1, 0.15) is 0 Å². The van der Waals surface area contributed by atoms with Crippen molar-refractivity contribution in [2.75, 3.05) is 12.4 Å². The highest BCUT2D eigenvalue weighted by molar-refractivity contribution is 6.44. The maximum Gasteiger partial charge on any atom is 0.210 e. The second-order valence-electron chi connectivity index (χ2n) is 2.59. The Morgan fingerprint density at radius 2 is 1.80 bits per heavy atom. The summed E-state index contributed by atoms with van der Waals surface area (Å²) >= 11 is 17.5. The van der Waals surface area contributed by atoms with Crippen LogP contribution in [-0.4, -0.2) is 13.0 Å². The molecule has 0 heterocycles. The predicted molar refractivity (Wildman–Crippen MR) is 65.8 cm³/mol. The third kappa shape index (κ3) is 3.14. The van der Waals surface area contributed by atoms with Gasteiger partial charge in [0.05, 0.1) is 20.8 Å². The van der Waals surface area contributed by atoms with Gasteiger partial charge in [0.2, 0.25) is 5.96 Å². The predicted octanol–water partition coefficient (Wildman–Crippen LogP) is 2.51. The van der Waals surface area contributed by atoms with Crippen molar-refractivity contribution in [3.05, 3.63) is 27.2 Å². The molecular weight excluding hydrogens is 258 g/mol. The highest BCUT2D eigenvalue weighted by atomic mass is 35.5. The van der Waals surface area contributed by atoms with Crippen LogP contribution in [-0.2, 0) is 0 Å². The lowest BCUT2D eigenvalue weighted by Gasteiger charge is -2.10. The molecule has 0 spiro atoms. The number of hydrogen-bond acceptors (Lipinski definition) is 2. The van der Waals surface area contributed by atoms with Gasteiger partial charge in [-0.05, 0) is 12.1 Å². The summed E-state index contributed by atoms with van der Waals surface area (Å²) in [5.74, 6) is 5.57. The zero-order valence-corrected chi connectivity index (χ0v) is 10.1. The smallest absolute Gasteiger partial charge is 0.210 e. The minimum atomic E-state index is 0.371. The molecule has 0 aromatic heterocycles. The molecule has 0 aliphatic rings. The van der Waals surface area contributed by atoms with E-state index in [-0.39, 0.29) is 0 Å². The second-order valence-corrected chi connectivity index (χ2v) is 3.81. The van der Waals surface area contributed by atoms with Crippen molar-refractivity contribution < 1.29 is 0 Å². The largest absolute Gasteiger partial charge is 0.324 e. The van der Waals surface area contributed by atoms with E-state index < -0.39 is 0 Å². The lowest BCUT2D eigenvalue weighted by Crippen LogP contribution is -2.36. The number of nitrogens with two attached hydrogens (primary N) is 1. The highest BCUT2D eigenvalue weighted by Crippen LogP contribution is 2.32. The zero-order chi connectivity index (χ0) is 11.4. The molecule has 0 aliphatic heterocycles. The average Bonchev–Trinajstić information content (AvgIpc) is 2.21. The molecule has 4 nitrogen and oxygen atoms in total. The fourth-order valence-electron chi connectivity index (χ4n) is 0.902. The third-order valence-electron chi connectivity index (χ3n) is 1.62. The van der Waals surface area contributed by atoms with Crippen molar-refractivity contribution in [1.29, 1.82) is 0 Å². The number of nitrogens with one attached hydrogen (secondary N) is 2. The number of benzene rings is 1. The molecule has 0 saturated heterocycles. The summed E-state index contributed by atoms with van der Waals surface area (Å²) in [6.45, 7) is 0. The molecule has 0 bridgehead atoms. The van der Waals surface area contributed by atoms with Gasteiger partial charge in [0, 0.05) is 7.05 Å². The summed E-state index contributed by atoms with van der Waals surface area (Å²) in [6.07, 6.45) is 0. The topological polar surface area (TPSA) is 62.4 Å². The Balaban J connectivity index is 3.00. The standard InChI is InChI=1S/C8H9Cl3N4/c1-13-8(15-12)14-7-3-5(10)4(9)2-6(7)11/h2-3H,12H2,1H3,(H2,13,14,15). The quantitative estimate of drug-likeness (QED) is 0.241. The van der Waals surface area contributed by atoms with Gasteiger partial charge < -0.3 is 5.32 Å². The van der Waals surface area contributed by atoms with E-state index in [1.807, 2.05) is 0 Å². The summed E-state index contributed by atoms with van der Waals surface area (Å²) in [6, 6.07) is 3.13. The van der Waals surface area contributed by atoms with Crippen LogP contribution in [0.4, 0.5) is 5.69 Å². The maximum absolute atomic E-state index is 5.93. The Bertz CT molecular complexity index is 392. The van der Waals surface area contributed by atoms with Gasteiger partial charge in [-0.2, -0.15) is 0 Å². The van der Waals surface area contributed by atoms with Crippen LogP contribution in [0.1, 0.15) is 0 Å². The number of aliphatic imine (C=N–C) groups is 1. The SMILES string of the molecule is CN=C(NN)Nc1cc(Cl)c(Cl)cc1Cl. The fourth-order valence-corrected chi connectivity index (χ4v) is 1.50. The Morgan fingerprint density at radius 3 is 2.33 bits per heavy atom. The molecule has 0 fully saturated rings. The van der Waals surface area contributed by atoms with E-state index in [1.54, 1.807) is 13.1 Å². The number of nitrogens with zero attached hydrogens (tertiary/aromatic N) is 1. The molecule has 0 saturated carbocycles. The van der Waals surface area contributed by atoms with Gasteiger partial charge in [-0.25, -0.2) is 5.84 Å². The summed E-state index contributed by atoms with van der Waals surface area (Å²) in [5.41, 5.74) is 2.94. The van der Waals surface area contributed by atoms with Gasteiger partial charge in [-0.15, -0.1) is 0 Å². The van der Waals surface area contributed by atoms with E-state index in [9.17, 15) is 0 Å². The normalized spacial score (nSPS) is 11.4. The lowest BCUT2D eigenvalue weighted by atomic mass is 10.3. The molecule has 1 aromatic rings. The Hall–Kier alpha value is -0.680. The fraction of sp³-hybridized carbons (Fsp3) is 0.125. The summed E-state index contributed by atoms with van der Waals surface area (Å²) in [5, 5.41) is 4.08. The first-order valence-electron chi connectivity index (χ1n) is 3.93. The van der Waals surface area contributed by atoms with Crippen LogP contribution in [0.25, 0.3) is 0 Å². The average molecular weight is 268 g/mol. The van der Waals surface area contributed by atoms with Crippen LogP contribution in [0, 0.1) is 0 Å². The van der Waals surface area contributed by atoms with Crippen LogP contribution >= 0.6 is 34.8 Å². The lowest BCUT2D eigenvalue weighted by molar-refractivity contribution is 1.01. The molecule has 0 radical (unpaired) electrons. The van der Waals surface area contributed by atoms with Crippen LogP contribution in [0.3, 0.4) is 0 Å². The van der Waals surface area contributed by atoms with E-state index in [0.29, 0.717) is 26.7 Å². The third-order valence-corrected chi connectivity index (χ3v) is 2.66. The van der Waals surface area contributed by atoms with Crippen molar-refractivity contribution in [1.82, 2.24) is 5.43 Å². The van der Waals surface area contributed by atoms with Crippen molar-refractivity contribution in [3.8, 4) is 0 Å². The number of anilines is 1. The van der Waals surface area contributed by atoms with E-state index in [2.05, 4.69) is 15.7 Å². The molecule has 1 rings (SSSR count). The molecule has 0 aliphatic carbocycles. The van der Waals surface area contributed by atoms with Gasteiger partial charge in [-0.1, -0.05) is 34.8 Å². The molecule has 1 aromatic carbocycles. The van der Waals surface area contributed by atoms with Crippen LogP contribution in [0.15, 0.2) is 17.1 Å². The monoisotopic (exact) mass is 266 g/mol. The second kappa shape index (κ2) is 5.42. The van der Waals surface area contributed by atoms with E-state index in [1.165, 1.54) is 6.07 Å². The molecule has 0 amide bonds. The van der Waals surface area contributed by atoms with Crippen molar-refractivity contribution in [2.45, 2.75) is 0 Å². The molecule has 82 valence electrons. The minimum absolute atomic E-state index is 0.371. The first kappa shape index (κ1) is 12.4. The van der Waals surface area contributed by atoms with Crippen LogP contribution < -0.4 is 16.6 Å². The Morgan fingerprint density at radius 1 is 1.20 bits per heavy atom. The highest BCUT2D eigenvalue weighted by Gasteiger charge is 2.07. The van der Waals surface area contributed by atoms with Crippen molar-refractivity contribution in [2.24, 2.45) is 10.8 Å². The van der Waals surface area contributed by atoms with Gasteiger partial charge in [0.25, 0.3) is 0 Å². The van der Waals surface area contributed by atoms with E-state index >= 15 is 0 Å². The van der Waals surface area contributed by atoms with Crippen molar-refractivity contribution >= 4 is 46.4 Å². The Kier molecular flexibility index (Phi) is 4.47. The first-order valence-corrected chi connectivity index (χ1v) is 5.07. The van der Waals surface area contributed by atoms with Crippen LogP contribution in [0.2, 0.25) is 15.1 Å². The molecule has 15 heavy (non-hydrogen) atoms. The number of guanidine groups is 1. The molecule has 7 heteroatoms. The summed E-state index contributed by atoms with van der Waals surface area (Å²) in [4.78, 5) is 3.83. The number of hydrazine groups is 1. The van der Waals surface area contributed by atoms with Crippen molar-refractivity contribution in [3.63, 3.8) is 0 Å². The zero-order valence-electron chi connectivity index (χ0n) is 7.81. The number of halogens is 3. The summed E-state index contributed by atoms with van der Waals surface area (Å²) < 4.78 is 0. The minimum Gasteiger partial charge on any atom is -0.324 e. The summed E-state index contributed by atoms with van der Waals surface area (Å²) in [7, 11) is 1.58. The van der Waals surface area contributed by atoms with E-state index in [4.69, 9.17) is 40.6 Å². The number of hydrogen-bond donors (Lipinski definition) is 3.